The fourth-order valence-electron chi connectivity index (χ4n) is 1.34. The molecular weight excluding hydrogens is 220 g/mol. The number of halogens is 1. The molecule has 1 N–H and O–H groups in total. The molecule has 0 saturated carbocycles. The monoisotopic (exact) mass is 228 g/mol. The molecule has 0 aliphatic rings. The minimum Gasteiger partial charge on any atom is -0.506 e. The molecule has 0 bridgehead atoms. The number of benzene rings is 1. The lowest BCUT2D eigenvalue weighted by atomic mass is 10.2. The molecule has 0 unspecified atom stereocenters. The smallest absolute Gasteiger partial charge is 0.150 e. The zero-order valence-electron chi connectivity index (χ0n) is 7.58. The Bertz CT molecular complexity index is 464. The first-order chi connectivity index (χ1) is 6.74. The summed E-state index contributed by atoms with van der Waals surface area (Å²) in [5.74, 6) is 0.807. The lowest BCUT2D eigenvalue weighted by Crippen LogP contribution is -1.92. The standard InChI is InChI=1S/C10H9ClO2S/c1-2-13-10-6(11)3-4-8-9(10)7(12)5-14-8/h3-5,12H,2H2,1H3. The first-order valence-electron chi connectivity index (χ1n) is 4.25. The van der Waals surface area contributed by atoms with Crippen molar-refractivity contribution < 1.29 is 9.84 Å². The Morgan fingerprint density at radius 1 is 1.50 bits per heavy atom. The van der Waals surface area contributed by atoms with E-state index < -0.39 is 0 Å². The third kappa shape index (κ3) is 1.42. The number of rotatable bonds is 2. The Labute approximate surface area is 90.7 Å². The maximum atomic E-state index is 9.61. The maximum absolute atomic E-state index is 9.61. The second-order valence-corrected chi connectivity index (χ2v) is 4.12. The van der Waals surface area contributed by atoms with Crippen molar-refractivity contribution in [2.24, 2.45) is 0 Å². The minimum absolute atomic E-state index is 0.232. The Morgan fingerprint density at radius 3 is 3.00 bits per heavy atom. The molecule has 0 aliphatic carbocycles. The highest BCUT2D eigenvalue weighted by atomic mass is 35.5. The van der Waals surface area contributed by atoms with E-state index in [2.05, 4.69) is 0 Å². The van der Waals surface area contributed by atoms with Crippen LogP contribution < -0.4 is 4.74 Å². The topological polar surface area (TPSA) is 29.5 Å². The predicted molar refractivity (Wildman–Crippen MR) is 59.7 cm³/mol. The van der Waals surface area contributed by atoms with Crippen molar-refractivity contribution in [1.82, 2.24) is 0 Å². The molecular formula is C10H9ClO2S. The summed E-state index contributed by atoms with van der Waals surface area (Å²) in [5.41, 5.74) is 0. The van der Waals surface area contributed by atoms with Gasteiger partial charge in [0.15, 0.2) is 0 Å². The molecule has 0 fully saturated rings. The van der Waals surface area contributed by atoms with Gasteiger partial charge >= 0.3 is 0 Å². The van der Waals surface area contributed by atoms with Gasteiger partial charge in [-0.3, -0.25) is 0 Å². The fourth-order valence-corrected chi connectivity index (χ4v) is 2.37. The minimum atomic E-state index is 0.232. The maximum Gasteiger partial charge on any atom is 0.150 e. The molecule has 4 heteroatoms. The van der Waals surface area contributed by atoms with Gasteiger partial charge in [0.25, 0.3) is 0 Å². The number of fused-ring (bicyclic) bond motifs is 1. The van der Waals surface area contributed by atoms with Crippen molar-refractivity contribution >= 4 is 33.0 Å². The zero-order chi connectivity index (χ0) is 10.1. The third-order valence-corrected chi connectivity index (χ3v) is 3.15. The predicted octanol–water partition coefficient (Wildman–Crippen LogP) is 3.66. The molecule has 14 heavy (non-hydrogen) atoms. The van der Waals surface area contributed by atoms with Gasteiger partial charge in [-0.05, 0) is 19.1 Å². The van der Waals surface area contributed by atoms with Crippen LogP contribution in [0.15, 0.2) is 17.5 Å². The summed E-state index contributed by atoms with van der Waals surface area (Å²) in [6.07, 6.45) is 0. The Morgan fingerprint density at radius 2 is 2.29 bits per heavy atom. The third-order valence-electron chi connectivity index (χ3n) is 1.91. The van der Waals surface area contributed by atoms with Crippen molar-refractivity contribution in [1.29, 1.82) is 0 Å². The molecule has 0 aliphatic heterocycles. The largest absolute Gasteiger partial charge is 0.506 e. The van der Waals surface area contributed by atoms with E-state index in [1.165, 1.54) is 11.3 Å². The van der Waals surface area contributed by atoms with E-state index in [0.717, 1.165) is 4.70 Å². The Hall–Kier alpha value is -0.930. The fraction of sp³-hybridized carbons (Fsp3) is 0.200. The van der Waals surface area contributed by atoms with E-state index >= 15 is 0 Å². The summed E-state index contributed by atoms with van der Waals surface area (Å²) in [4.78, 5) is 0. The quantitative estimate of drug-likeness (QED) is 0.850. The molecule has 1 aromatic carbocycles. The first-order valence-corrected chi connectivity index (χ1v) is 5.51. The molecule has 0 atom stereocenters. The van der Waals surface area contributed by atoms with E-state index in [9.17, 15) is 5.11 Å². The second-order valence-electron chi connectivity index (χ2n) is 2.80. The molecule has 0 amide bonds. The average molecular weight is 229 g/mol. The van der Waals surface area contributed by atoms with Crippen LogP contribution in [0.5, 0.6) is 11.5 Å². The molecule has 1 aromatic heterocycles. The molecule has 2 rings (SSSR count). The van der Waals surface area contributed by atoms with Crippen LogP contribution in [0, 0.1) is 0 Å². The summed E-state index contributed by atoms with van der Waals surface area (Å²) in [6, 6.07) is 3.66. The van der Waals surface area contributed by atoms with Crippen molar-refractivity contribution in [3.8, 4) is 11.5 Å². The summed E-state index contributed by atoms with van der Waals surface area (Å²) < 4.78 is 6.39. The van der Waals surface area contributed by atoms with Gasteiger partial charge in [-0.1, -0.05) is 11.6 Å². The van der Waals surface area contributed by atoms with E-state index in [-0.39, 0.29) is 5.75 Å². The number of aromatic hydroxyl groups is 1. The van der Waals surface area contributed by atoms with Crippen LogP contribution in [0.1, 0.15) is 6.92 Å². The van der Waals surface area contributed by atoms with Gasteiger partial charge in [0.1, 0.15) is 11.5 Å². The van der Waals surface area contributed by atoms with Gasteiger partial charge < -0.3 is 9.84 Å². The van der Waals surface area contributed by atoms with Crippen LogP contribution in [0.25, 0.3) is 10.1 Å². The van der Waals surface area contributed by atoms with Gasteiger partial charge in [-0.2, -0.15) is 0 Å². The lowest BCUT2D eigenvalue weighted by molar-refractivity contribution is 0.343. The molecule has 1 heterocycles. The summed E-state index contributed by atoms with van der Waals surface area (Å²) in [6.45, 7) is 2.42. The number of hydrogen-bond donors (Lipinski definition) is 1. The summed E-state index contributed by atoms with van der Waals surface area (Å²) >= 11 is 7.45. The van der Waals surface area contributed by atoms with Gasteiger partial charge in [0, 0.05) is 10.1 Å². The molecule has 0 radical (unpaired) electrons. The summed E-state index contributed by atoms with van der Waals surface area (Å²) in [5, 5.41) is 12.5. The lowest BCUT2D eigenvalue weighted by Gasteiger charge is -2.06. The van der Waals surface area contributed by atoms with Gasteiger partial charge in [0.2, 0.25) is 0 Å². The van der Waals surface area contributed by atoms with Gasteiger partial charge in [-0.25, -0.2) is 0 Å². The highest BCUT2D eigenvalue weighted by Gasteiger charge is 2.12. The molecule has 2 nitrogen and oxygen atoms in total. The van der Waals surface area contributed by atoms with Gasteiger partial charge in [0.05, 0.1) is 17.0 Å². The van der Waals surface area contributed by atoms with Crippen molar-refractivity contribution in [3.05, 3.63) is 22.5 Å². The highest BCUT2D eigenvalue weighted by Crippen LogP contribution is 2.42. The van der Waals surface area contributed by atoms with Crippen LogP contribution in [0.4, 0.5) is 0 Å². The Balaban J connectivity index is 2.73. The van der Waals surface area contributed by atoms with E-state index in [1.54, 1.807) is 11.4 Å². The normalized spacial score (nSPS) is 10.7. The van der Waals surface area contributed by atoms with E-state index in [4.69, 9.17) is 16.3 Å². The summed E-state index contributed by atoms with van der Waals surface area (Å²) in [7, 11) is 0. The van der Waals surface area contributed by atoms with Crippen LogP contribution >= 0.6 is 22.9 Å². The van der Waals surface area contributed by atoms with E-state index in [1.807, 2.05) is 13.0 Å². The van der Waals surface area contributed by atoms with E-state index in [0.29, 0.717) is 22.8 Å². The molecule has 74 valence electrons. The molecule has 2 aromatic rings. The Kier molecular flexibility index (Phi) is 2.52. The van der Waals surface area contributed by atoms with Crippen molar-refractivity contribution in [3.63, 3.8) is 0 Å². The van der Waals surface area contributed by atoms with Crippen LogP contribution in [0.2, 0.25) is 5.02 Å². The van der Waals surface area contributed by atoms with Crippen molar-refractivity contribution in [2.45, 2.75) is 6.92 Å². The van der Waals surface area contributed by atoms with Crippen LogP contribution in [0.3, 0.4) is 0 Å². The van der Waals surface area contributed by atoms with Crippen LogP contribution in [-0.4, -0.2) is 11.7 Å². The zero-order valence-corrected chi connectivity index (χ0v) is 9.15. The molecule has 0 saturated heterocycles. The number of ether oxygens (including phenoxy) is 1. The molecule has 0 spiro atoms. The van der Waals surface area contributed by atoms with Gasteiger partial charge in [-0.15, -0.1) is 11.3 Å². The first kappa shape index (κ1) is 9.62. The number of hydrogen-bond acceptors (Lipinski definition) is 3. The SMILES string of the molecule is CCOc1c(Cl)ccc2scc(O)c12. The van der Waals surface area contributed by atoms with Crippen LogP contribution in [-0.2, 0) is 0 Å². The highest BCUT2D eigenvalue weighted by molar-refractivity contribution is 7.17. The second kappa shape index (κ2) is 3.67. The number of thiophene rings is 1. The average Bonchev–Trinajstić information content (AvgIpc) is 2.53. The van der Waals surface area contributed by atoms with Crippen molar-refractivity contribution in [2.75, 3.05) is 6.61 Å².